The van der Waals surface area contributed by atoms with E-state index in [1.54, 1.807) is 6.07 Å². The Morgan fingerprint density at radius 2 is 1.52 bits per heavy atom. The van der Waals surface area contributed by atoms with Crippen LogP contribution >= 0.6 is 0 Å². The highest BCUT2D eigenvalue weighted by atomic mass is 16.5. The van der Waals surface area contributed by atoms with Crippen molar-refractivity contribution in [3.63, 3.8) is 0 Å². The number of hydrogen-bond donors (Lipinski definition) is 2. The molecular formula is C23H20N2O2. The van der Waals surface area contributed by atoms with Crippen molar-refractivity contribution < 1.29 is 9.53 Å². The number of esters is 1. The predicted molar refractivity (Wildman–Crippen MR) is 110 cm³/mol. The van der Waals surface area contributed by atoms with E-state index in [-0.39, 0.29) is 11.8 Å². The molecule has 0 aromatic heterocycles. The molecule has 134 valence electrons. The number of benzene rings is 3. The van der Waals surface area contributed by atoms with E-state index in [1.807, 2.05) is 78.9 Å². The molecule has 3 aromatic carbocycles. The summed E-state index contributed by atoms with van der Waals surface area (Å²) < 4.78 is 4.91. The van der Waals surface area contributed by atoms with E-state index in [9.17, 15) is 4.79 Å². The van der Waals surface area contributed by atoms with E-state index >= 15 is 0 Å². The van der Waals surface area contributed by atoms with E-state index in [1.165, 1.54) is 7.11 Å². The van der Waals surface area contributed by atoms with Crippen molar-refractivity contribution in [2.45, 2.75) is 0 Å². The molecule has 3 N–H and O–H groups in total. The molecule has 0 atom stereocenters. The van der Waals surface area contributed by atoms with Crippen LogP contribution in [0.5, 0.6) is 0 Å². The molecule has 4 nitrogen and oxygen atoms in total. The summed E-state index contributed by atoms with van der Waals surface area (Å²) in [6, 6.07) is 22.8. The van der Waals surface area contributed by atoms with E-state index in [4.69, 9.17) is 15.9 Å². The molecule has 0 unspecified atom stereocenters. The summed E-state index contributed by atoms with van der Waals surface area (Å²) in [4.78, 5) is 12.1. The van der Waals surface area contributed by atoms with Crippen molar-refractivity contribution in [1.82, 2.24) is 0 Å². The summed E-state index contributed by atoms with van der Waals surface area (Å²) in [5.41, 5.74) is 10.5. The number of carbonyl (C=O) groups excluding carboxylic acids is 1. The third-order valence-electron chi connectivity index (χ3n) is 4.26. The van der Waals surface area contributed by atoms with Crippen LogP contribution in [0.4, 0.5) is 0 Å². The minimum atomic E-state index is -0.357. The fraction of sp³-hybridized carbons (Fsp3) is 0.0435. The molecule has 0 radical (unpaired) electrons. The van der Waals surface area contributed by atoms with Gasteiger partial charge in [0.15, 0.2) is 0 Å². The molecule has 0 fully saturated rings. The third-order valence-corrected chi connectivity index (χ3v) is 4.26. The van der Waals surface area contributed by atoms with Crippen LogP contribution in [0.1, 0.15) is 27.0 Å². The molecule has 0 aliphatic rings. The van der Waals surface area contributed by atoms with Crippen LogP contribution < -0.4 is 5.73 Å². The number of hydrogen-bond acceptors (Lipinski definition) is 3. The number of nitrogen functional groups attached to an aromatic ring is 1. The first-order valence-corrected chi connectivity index (χ1v) is 8.49. The highest BCUT2D eigenvalue weighted by molar-refractivity contribution is 5.99. The molecule has 0 saturated carbocycles. The molecule has 4 heteroatoms. The fourth-order valence-electron chi connectivity index (χ4n) is 2.85. The molecular weight excluding hydrogens is 336 g/mol. The summed E-state index contributed by atoms with van der Waals surface area (Å²) in [5, 5.41) is 7.46. The van der Waals surface area contributed by atoms with E-state index in [0.717, 1.165) is 22.3 Å². The Kier molecular flexibility index (Phi) is 5.47. The lowest BCUT2D eigenvalue weighted by atomic mass is 9.95. The van der Waals surface area contributed by atoms with Crippen molar-refractivity contribution in [1.29, 1.82) is 5.41 Å². The quantitative estimate of drug-likeness (QED) is 0.304. The Hall–Kier alpha value is -3.66. The average molecular weight is 356 g/mol. The van der Waals surface area contributed by atoms with Gasteiger partial charge in [-0.05, 0) is 28.3 Å². The van der Waals surface area contributed by atoms with Crippen LogP contribution in [0.3, 0.4) is 0 Å². The van der Waals surface area contributed by atoms with Crippen molar-refractivity contribution >= 4 is 24.0 Å². The van der Waals surface area contributed by atoms with Crippen molar-refractivity contribution in [3.8, 4) is 11.1 Å². The van der Waals surface area contributed by atoms with Gasteiger partial charge in [-0.15, -0.1) is 0 Å². The Labute approximate surface area is 158 Å². The first-order valence-electron chi connectivity index (χ1n) is 8.49. The molecule has 0 saturated heterocycles. The zero-order chi connectivity index (χ0) is 19.2. The largest absolute Gasteiger partial charge is 0.465 e. The monoisotopic (exact) mass is 356 g/mol. The van der Waals surface area contributed by atoms with Gasteiger partial charge in [0, 0.05) is 5.56 Å². The zero-order valence-electron chi connectivity index (χ0n) is 15.0. The molecule has 0 aliphatic carbocycles. The van der Waals surface area contributed by atoms with Crippen LogP contribution in [0.2, 0.25) is 0 Å². The standard InChI is InChI=1S/C23H20N2O2/c1-27-23(26)21-9-5-4-8-20(21)19-7-3-2-6-17(19)13-10-16-11-14-18(15-12-16)22(24)25/h2-15H,1H3,(H3,24,25)/b13-10+. The Bertz CT molecular complexity index is 1000. The molecule has 0 amide bonds. The van der Waals surface area contributed by atoms with E-state index in [2.05, 4.69) is 0 Å². The van der Waals surface area contributed by atoms with Crippen LogP contribution in [-0.2, 0) is 4.74 Å². The lowest BCUT2D eigenvalue weighted by Gasteiger charge is -2.11. The highest BCUT2D eigenvalue weighted by Crippen LogP contribution is 2.29. The number of nitrogens with two attached hydrogens (primary N) is 1. The lowest BCUT2D eigenvalue weighted by Crippen LogP contribution is -2.10. The molecule has 3 rings (SSSR count). The molecule has 0 aliphatic heterocycles. The maximum atomic E-state index is 12.1. The van der Waals surface area contributed by atoms with Gasteiger partial charge in [0.1, 0.15) is 5.84 Å². The van der Waals surface area contributed by atoms with Crippen molar-refractivity contribution in [2.24, 2.45) is 5.73 Å². The maximum Gasteiger partial charge on any atom is 0.338 e. The second-order valence-electron chi connectivity index (χ2n) is 5.99. The van der Waals surface area contributed by atoms with Gasteiger partial charge in [-0.25, -0.2) is 4.79 Å². The molecule has 0 heterocycles. The van der Waals surface area contributed by atoms with E-state index in [0.29, 0.717) is 11.1 Å². The van der Waals surface area contributed by atoms with Crippen LogP contribution in [0.15, 0.2) is 72.8 Å². The first kappa shape index (κ1) is 18.1. The summed E-state index contributed by atoms with van der Waals surface area (Å²) in [6.07, 6.45) is 4.00. The maximum absolute atomic E-state index is 12.1. The van der Waals surface area contributed by atoms with Gasteiger partial charge >= 0.3 is 5.97 Å². The van der Waals surface area contributed by atoms with Crippen molar-refractivity contribution in [3.05, 3.63) is 95.1 Å². The number of rotatable bonds is 5. The first-order chi connectivity index (χ1) is 13.1. The zero-order valence-corrected chi connectivity index (χ0v) is 15.0. The second-order valence-corrected chi connectivity index (χ2v) is 5.99. The highest BCUT2D eigenvalue weighted by Gasteiger charge is 2.14. The van der Waals surface area contributed by atoms with Gasteiger partial charge < -0.3 is 10.5 Å². The second kappa shape index (κ2) is 8.15. The summed E-state index contributed by atoms with van der Waals surface area (Å²) >= 11 is 0. The van der Waals surface area contributed by atoms with Gasteiger partial charge in [0.2, 0.25) is 0 Å². The summed E-state index contributed by atoms with van der Waals surface area (Å²) in [6.45, 7) is 0. The minimum absolute atomic E-state index is 0.0512. The Morgan fingerprint density at radius 3 is 2.19 bits per heavy atom. The predicted octanol–water partition coefficient (Wildman–Crippen LogP) is 4.59. The number of nitrogens with one attached hydrogen (secondary N) is 1. The molecule has 3 aromatic rings. The Balaban J connectivity index is 1.98. The van der Waals surface area contributed by atoms with Crippen LogP contribution in [-0.4, -0.2) is 18.9 Å². The number of carbonyl (C=O) groups is 1. The number of methoxy groups -OCH3 is 1. The average Bonchev–Trinajstić information content (AvgIpc) is 2.72. The molecule has 0 bridgehead atoms. The number of ether oxygens (including phenoxy) is 1. The molecule has 27 heavy (non-hydrogen) atoms. The number of amidine groups is 1. The van der Waals surface area contributed by atoms with E-state index < -0.39 is 0 Å². The molecule has 0 spiro atoms. The smallest absolute Gasteiger partial charge is 0.338 e. The summed E-state index contributed by atoms with van der Waals surface area (Å²) in [7, 11) is 1.38. The van der Waals surface area contributed by atoms with Crippen LogP contribution in [0, 0.1) is 5.41 Å². The normalized spacial score (nSPS) is 10.7. The van der Waals surface area contributed by atoms with Gasteiger partial charge in [0.05, 0.1) is 12.7 Å². The van der Waals surface area contributed by atoms with Gasteiger partial charge in [-0.1, -0.05) is 78.9 Å². The van der Waals surface area contributed by atoms with Crippen molar-refractivity contribution in [2.75, 3.05) is 7.11 Å². The van der Waals surface area contributed by atoms with Crippen LogP contribution in [0.25, 0.3) is 23.3 Å². The summed E-state index contributed by atoms with van der Waals surface area (Å²) in [5.74, 6) is -0.306. The SMILES string of the molecule is COC(=O)c1ccccc1-c1ccccc1/C=C/c1ccc(C(=N)N)cc1. The van der Waals surface area contributed by atoms with Gasteiger partial charge in [-0.3, -0.25) is 5.41 Å². The topological polar surface area (TPSA) is 76.2 Å². The third kappa shape index (κ3) is 4.12. The van der Waals surface area contributed by atoms with Gasteiger partial charge in [0.25, 0.3) is 0 Å². The minimum Gasteiger partial charge on any atom is -0.465 e. The fourth-order valence-corrected chi connectivity index (χ4v) is 2.85. The Morgan fingerprint density at radius 1 is 0.889 bits per heavy atom. The van der Waals surface area contributed by atoms with Gasteiger partial charge in [-0.2, -0.15) is 0 Å². The lowest BCUT2D eigenvalue weighted by molar-refractivity contribution is 0.0601.